The van der Waals surface area contributed by atoms with E-state index in [2.05, 4.69) is 15.5 Å². The number of rotatable bonds is 5. The van der Waals surface area contributed by atoms with Crippen molar-refractivity contribution in [3.63, 3.8) is 0 Å². The smallest absolute Gasteiger partial charge is 0.235 e. The van der Waals surface area contributed by atoms with E-state index in [9.17, 15) is 4.79 Å². The number of fused-ring (bicyclic) bond motifs is 1. The van der Waals surface area contributed by atoms with Crippen molar-refractivity contribution in [2.75, 3.05) is 19.0 Å². The molecule has 0 aliphatic heterocycles. The molecule has 3 N–H and O–H groups in total. The minimum absolute atomic E-state index is 0. The monoisotopic (exact) mass is 321 g/mol. The van der Waals surface area contributed by atoms with Crippen molar-refractivity contribution in [3.8, 4) is 0 Å². The van der Waals surface area contributed by atoms with E-state index < -0.39 is 0 Å². The summed E-state index contributed by atoms with van der Waals surface area (Å²) in [5, 5.41) is 10.5. The van der Waals surface area contributed by atoms with Crippen LogP contribution in [0.4, 0.5) is 5.95 Å². The number of pyridine rings is 1. The van der Waals surface area contributed by atoms with Gasteiger partial charge in [-0.1, -0.05) is 6.07 Å². The third-order valence-corrected chi connectivity index (χ3v) is 2.57. The van der Waals surface area contributed by atoms with Crippen LogP contribution in [0.5, 0.6) is 0 Å². The van der Waals surface area contributed by atoms with Gasteiger partial charge in [0.05, 0.1) is 12.5 Å². The summed E-state index contributed by atoms with van der Waals surface area (Å²) in [5.41, 5.74) is 6.13. The standard InChI is InChI=1S/C11H15N5O2.2ClH/c1-18-8(7-12)6-10(17)13-11-15-14-9-4-2-3-5-16(9)11;;/h2-5,8H,6-7,12H2,1H3,(H,13,15,17);2*1H. The summed E-state index contributed by atoms with van der Waals surface area (Å²) >= 11 is 0. The molecule has 0 aliphatic carbocycles. The molecule has 2 heterocycles. The SMILES string of the molecule is COC(CN)CC(=O)Nc1nnc2ccccn12.Cl.Cl. The first-order chi connectivity index (χ1) is 8.74. The first kappa shape index (κ1) is 18.6. The van der Waals surface area contributed by atoms with Gasteiger partial charge < -0.3 is 10.5 Å². The van der Waals surface area contributed by atoms with Crippen molar-refractivity contribution in [2.24, 2.45) is 5.73 Å². The molecule has 2 aromatic rings. The van der Waals surface area contributed by atoms with Crippen LogP contribution in [0.3, 0.4) is 0 Å². The Morgan fingerprint density at radius 2 is 2.20 bits per heavy atom. The molecule has 1 unspecified atom stereocenters. The first-order valence-corrected chi connectivity index (χ1v) is 5.57. The number of carbonyl (C=O) groups is 1. The van der Waals surface area contributed by atoms with Crippen molar-refractivity contribution in [2.45, 2.75) is 12.5 Å². The lowest BCUT2D eigenvalue weighted by atomic mass is 10.2. The predicted molar refractivity (Wildman–Crippen MR) is 80.6 cm³/mol. The lowest BCUT2D eigenvalue weighted by Gasteiger charge is -2.11. The normalized spacial score (nSPS) is 11.3. The van der Waals surface area contributed by atoms with E-state index in [1.807, 2.05) is 12.1 Å². The van der Waals surface area contributed by atoms with Gasteiger partial charge in [0, 0.05) is 19.9 Å². The number of amides is 1. The Hall–Kier alpha value is -1.41. The largest absolute Gasteiger partial charge is 0.380 e. The van der Waals surface area contributed by atoms with E-state index in [0.717, 1.165) is 0 Å². The van der Waals surface area contributed by atoms with Gasteiger partial charge in [0.1, 0.15) is 0 Å². The zero-order chi connectivity index (χ0) is 13.0. The van der Waals surface area contributed by atoms with Gasteiger partial charge in [-0.05, 0) is 12.1 Å². The number of anilines is 1. The minimum atomic E-state index is -0.288. The molecule has 2 aromatic heterocycles. The molecule has 0 spiro atoms. The molecule has 0 fully saturated rings. The quantitative estimate of drug-likeness (QED) is 0.852. The third kappa shape index (κ3) is 4.31. The highest BCUT2D eigenvalue weighted by Crippen LogP contribution is 2.08. The average Bonchev–Trinajstić information content (AvgIpc) is 2.79. The van der Waals surface area contributed by atoms with Crippen LogP contribution < -0.4 is 11.1 Å². The second-order valence-corrected chi connectivity index (χ2v) is 3.80. The number of nitrogens with two attached hydrogens (primary N) is 1. The average molecular weight is 322 g/mol. The van der Waals surface area contributed by atoms with Crippen molar-refractivity contribution in [3.05, 3.63) is 24.4 Å². The number of carbonyl (C=O) groups excluding carboxylic acids is 1. The van der Waals surface area contributed by atoms with Gasteiger partial charge in [-0.15, -0.1) is 35.0 Å². The van der Waals surface area contributed by atoms with E-state index in [1.54, 1.807) is 16.7 Å². The number of methoxy groups -OCH3 is 1. The molecule has 2 rings (SSSR count). The van der Waals surface area contributed by atoms with E-state index in [-0.39, 0.29) is 43.2 Å². The fraction of sp³-hybridized carbons (Fsp3) is 0.364. The van der Waals surface area contributed by atoms with Gasteiger partial charge in [-0.2, -0.15) is 0 Å². The number of hydrogen-bond donors (Lipinski definition) is 2. The van der Waals surface area contributed by atoms with Crippen LogP contribution >= 0.6 is 24.8 Å². The van der Waals surface area contributed by atoms with Gasteiger partial charge in [0.25, 0.3) is 0 Å². The van der Waals surface area contributed by atoms with Gasteiger partial charge in [0.15, 0.2) is 5.65 Å². The van der Waals surface area contributed by atoms with E-state index in [1.165, 1.54) is 7.11 Å². The fourth-order valence-electron chi connectivity index (χ4n) is 1.57. The van der Waals surface area contributed by atoms with Crippen molar-refractivity contribution < 1.29 is 9.53 Å². The minimum Gasteiger partial charge on any atom is -0.380 e. The van der Waals surface area contributed by atoms with Gasteiger partial charge in [-0.25, -0.2) is 0 Å². The van der Waals surface area contributed by atoms with Crippen LogP contribution in [0.15, 0.2) is 24.4 Å². The highest BCUT2D eigenvalue weighted by molar-refractivity contribution is 5.89. The molecule has 1 atom stereocenters. The van der Waals surface area contributed by atoms with E-state index in [4.69, 9.17) is 10.5 Å². The van der Waals surface area contributed by atoms with Crippen LogP contribution in [0, 0.1) is 0 Å². The molecule has 0 bridgehead atoms. The Balaban J connectivity index is 0.00000180. The summed E-state index contributed by atoms with van der Waals surface area (Å²) < 4.78 is 6.74. The Bertz CT molecular complexity index is 544. The summed E-state index contributed by atoms with van der Waals surface area (Å²) in [6.45, 7) is 0.296. The molecule has 112 valence electrons. The van der Waals surface area contributed by atoms with E-state index in [0.29, 0.717) is 18.1 Å². The molecule has 0 saturated heterocycles. The van der Waals surface area contributed by atoms with Crippen LogP contribution in [0.1, 0.15) is 6.42 Å². The van der Waals surface area contributed by atoms with E-state index >= 15 is 0 Å². The van der Waals surface area contributed by atoms with Crippen LogP contribution in [0.25, 0.3) is 5.65 Å². The number of halogens is 2. The third-order valence-electron chi connectivity index (χ3n) is 2.57. The molecule has 0 saturated carbocycles. The summed E-state index contributed by atoms with van der Waals surface area (Å²) in [6.07, 6.45) is 1.68. The molecule has 20 heavy (non-hydrogen) atoms. The number of ether oxygens (including phenoxy) is 1. The molecular formula is C11H17Cl2N5O2. The molecule has 9 heteroatoms. The van der Waals surface area contributed by atoms with Crippen molar-refractivity contribution >= 4 is 42.3 Å². The second-order valence-electron chi connectivity index (χ2n) is 3.80. The zero-order valence-electron chi connectivity index (χ0n) is 10.9. The highest BCUT2D eigenvalue weighted by atomic mass is 35.5. The Morgan fingerprint density at radius 1 is 1.45 bits per heavy atom. The number of nitrogens with one attached hydrogen (secondary N) is 1. The maximum Gasteiger partial charge on any atom is 0.235 e. The molecule has 0 aliphatic rings. The molecule has 1 amide bonds. The topological polar surface area (TPSA) is 94.5 Å². The Labute approximate surface area is 128 Å². The summed E-state index contributed by atoms with van der Waals surface area (Å²) in [6, 6.07) is 5.50. The second kappa shape index (κ2) is 8.70. The summed E-state index contributed by atoms with van der Waals surface area (Å²) in [4.78, 5) is 11.8. The summed E-state index contributed by atoms with van der Waals surface area (Å²) in [7, 11) is 1.53. The molecule has 0 radical (unpaired) electrons. The maximum absolute atomic E-state index is 11.8. The maximum atomic E-state index is 11.8. The lowest BCUT2D eigenvalue weighted by Crippen LogP contribution is -2.28. The predicted octanol–water partition coefficient (Wildman–Crippen LogP) is 0.875. The van der Waals surface area contributed by atoms with Gasteiger partial charge >= 0.3 is 0 Å². The molecule has 0 aromatic carbocycles. The zero-order valence-corrected chi connectivity index (χ0v) is 12.5. The Kier molecular flexibility index (Phi) is 8.09. The number of nitrogens with zero attached hydrogens (tertiary/aromatic N) is 3. The van der Waals surface area contributed by atoms with Crippen LogP contribution in [-0.4, -0.2) is 40.3 Å². The van der Waals surface area contributed by atoms with Gasteiger partial charge in [0.2, 0.25) is 11.9 Å². The van der Waals surface area contributed by atoms with Gasteiger partial charge in [-0.3, -0.25) is 14.5 Å². The van der Waals surface area contributed by atoms with Crippen LogP contribution in [-0.2, 0) is 9.53 Å². The van der Waals surface area contributed by atoms with Crippen molar-refractivity contribution in [1.29, 1.82) is 0 Å². The Morgan fingerprint density at radius 3 is 2.85 bits per heavy atom. The van der Waals surface area contributed by atoms with Crippen molar-refractivity contribution in [1.82, 2.24) is 14.6 Å². The highest BCUT2D eigenvalue weighted by Gasteiger charge is 2.14. The fourth-order valence-corrected chi connectivity index (χ4v) is 1.57. The van der Waals surface area contributed by atoms with Crippen LogP contribution in [0.2, 0.25) is 0 Å². The number of hydrogen-bond acceptors (Lipinski definition) is 5. The number of aromatic nitrogens is 3. The summed E-state index contributed by atoms with van der Waals surface area (Å²) in [5.74, 6) is 0.188. The molecular weight excluding hydrogens is 305 g/mol. The molecule has 7 nitrogen and oxygen atoms in total. The lowest BCUT2D eigenvalue weighted by molar-refractivity contribution is -0.118. The first-order valence-electron chi connectivity index (χ1n) is 5.57.